The van der Waals surface area contributed by atoms with E-state index in [-0.39, 0.29) is 29.1 Å². The van der Waals surface area contributed by atoms with Crippen LogP contribution in [0.2, 0.25) is 0 Å². The second-order valence-corrected chi connectivity index (χ2v) is 11.0. The summed E-state index contributed by atoms with van der Waals surface area (Å²) in [7, 11) is 0. The number of hydrogen-bond acceptors (Lipinski definition) is 5. The molecule has 0 N–H and O–H groups in total. The Balaban J connectivity index is 1.40. The SMILES string of the molecule is C[C@H](Cn1ccc(-c2cncc([C@@]34CC[C@@H](c5cc(-c6c(F)cccc6F)nnc53)C4(C)C)n2)n1)C(F)(F)F. The van der Waals surface area contributed by atoms with Crippen molar-refractivity contribution < 1.29 is 22.0 Å². The molecule has 2 aliphatic carbocycles. The van der Waals surface area contributed by atoms with Crippen LogP contribution in [-0.4, -0.2) is 36.1 Å². The number of hydrogen-bond donors (Lipinski definition) is 0. The molecule has 39 heavy (non-hydrogen) atoms. The zero-order chi connectivity index (χ0) is 27.7. The average Bonchev–Trinajstić information content (AvgIpc) is 3.51. The summed E-state index contributed by atoms with van der Waals surface area (Å²) in [5.41, 5.74) is 2.03. The fourth-order valence-electron chi connectivity index (χ4n) is 6.44. The molecule has 3 aromatic heterocycles. The molecule has 202 valence electrons. The molecule has 1 saturated carbocycles. The van der Waals surface area contributed by atoms with Crippen molar-refractivity contribution in [2.24, 2.45) is 11.3 Å². The Hall–Kier alpha value is -3.76. The topological polar surface area (TPSA) is 69.4 Å². The van der Waals surface area contributed by atoms with Crippen LogP contribution < -0.4 is 0 Å². The summed E-state index contributed by atoms with van der Waals surface area (Å²) in [4.78, 5) is 9.31. The lowest BCUT2D eigenvalue weighted by Gasteiger charge is -2.37. The molecule has 3 heterocycles. The first kappa shape index (κ1) is 25.5. The van der Waals surface area contributed by atoms with Gasteiger partial charge in [-0.05, 0) is 54.0 Å². The highest BCUT2D eigenvalue weighted by Crippen LogP contribution is 2.69. The van der Waals surface area contributed by atoms with Crippen molar-refractivity contribution in [1.82, 2.24) is 29.9 Å². The van der Waals surface area contributed by atoms with Crippen molar-refractivity contribution >= 4 is 0 Å². The van der Waals surface area contributed by atoms with Gasteiger partial charge in [-0.25, -0.2) is 13.8 Å². The highest BCUT2D eigenvalue weighted by Gasteiger charge is 2.65. The number of rotatable bonds is 5. The molecule has 6 rings (SSSR count). The van der Waals surface area contributed by atoms with Gasteiger partial charge in [0.25, 0.3) is 0 Å². The molecular weight excluding hydrogens is 515 g/mol. The molecule has 0 spiro atoms. The fraction of sp³-hybridized carbons (Fsp3) is 0.393. The second-order valence-electron chi connectivity index (χ2n) is 11.0. The van der Waals surface area contributed by atoms with E-state index >= 15 is 0 Å². The Morgan fingerprint density at radius 1 is 1.03 bits per heavy atom. The van der Waals surface area contributed by atoms with Crippen LogP contribution in [0.4, 0.5) is 22.0 Å². The predicted molar refractivity (Wildman–Crippen MR) is 132 cm³/mol. The van der Waals surface area contributed by atoms with Gasteiger partial charge in [-0.1, -0.05) is 26.8 Å². The van der Waals surface area contributed by atoms with Gasteiger partial charge >= 0.3 is 6.18 Å². The maximum absolute atomic E-state index is 14.5. The van der Waals surface area contributed by atoms with Gasteiger partial charge in [-0.2, -0.15) is 23.4 Å². The lowest BCUT2D eigenvalue weighted by Crippen LogP contribution is -2.38. The minimum absolute atomic E-state index is 0.0603. The molecule has 1 aromatic carbocycles. The van der Waals surface area contributed by atoms with Gasteiger partial charge in [0.2, 0.25) is 0 Å². The summed E-state index contributed by atoms with van der Waals surface area (Å²) in [5.74, 6) is -2.90. The highest BCUT2D eigenvalue weighted by molar-refractivity contribution is 5.64. The van der Waals surface area contributed by atoms with E-state index in [9.17, 15) is 22.0 Å². The van der Waals surface area contributed by atoms with E-state index < -0.39 is 29.1 Å². The molecule has 4 aromatic rings. The fourth-order valence-corrected chi connectivity index (χ4v) is 6.44. The van der Waals surface area contributed by atoms with E-state index in [0.29, 0.717) is 22.8 Å². The van der Waals surface area contributed by atoms with Crippen LogP contribution in [0.1, 0.15) is 56.5 Å². The van der Waals surface area contributed by atoms with Crippen LogP contribution in [-0.2, 0) is 12.0 Å². The van der Waals surface area contributed by atoms with Gasteiger partial charge in [-0.3, -0.25) is 9.67 Å². The van der Waals surface area contributed by atoms with Crippen molar-refractivity contribution in [1.29, 1.82) is 0 Å². The molecule has 3 atom stereocenters. The van der Waals surface area contributed by atoms with Crippen LogP contribution in [0.25, 0.3) is 22.6 Å². The molecule has 0 unspecified atom stereocenters. The molecule has 2 aliphatic rings. The van der Waals surface area contributed by atoms with Crippen LogP contribution in [0, 0.1) is 23.0 Å². The summed E-state index contributed by atoms with van der Waals surface area (Å²) in [6.45, 7) is 5.06. The molecule has 0 radical (unpaired) electrons. The summed E-state index contributed by atoms with van der Waals surface area (Å²) in [6, 6.07) is 7.04. The Morgan fingerprint density at radius 3 is 2.49 bits per heavy atom. The molecule has 1 fully saturated rings. The summed E-state index contributed by atoms with van der Waals surface area (Å²) < 4.78 is 69.3. The van der Waals surface area contributed by atoms with Gasteiger partial charge in [0.15, 0.2) is 0 Å². The third-order valence-corrected chi connectivity index (χ3v) is 8.60. The van der Waals surface area contributed by atoms with E-state index in [0.717, 1.165) is 25.3 Å². The Bertz CT molecular complexity index is 1560. The average molecular weight is 541 g/mol. The number of nitrogens with zero attached hydrogens (tertiary/aromatic N) is 6. The van der Waals surface area contributed by atoms with Crippen molar-refractivity contribution in [2.75, 3.05) is 0 Å². The smallest absolute Gasteiger partial charge is 0.271 e. The number of benzene rings is 1. The van der Waals surface area contributed by atoms with E-state index in [1.165, 1.54) is 35.3 Å². The van der Waals surface area contributed by atoms with E-state index in [1.54, 1.807) is 18.3 Å². The molecule has 0 aliphatic heterocycles. The number of alkyl halides is 3. The molecule has 0 amide bonds. The maximum atomic E-state index is 14.5. The Labute approximate surface area is 221 Å². The van der Waals surface area contributed by atoms with Crippen molar-refractivity contribution in [2.45, 2.75) is 57.7 Å². The first-order valence-corrected chi connectivity index (χ1v) is 12.7. The normalized spacial score (nSPS) is 22.2. The Morgan fingerprint density at radius 2 is 1.77 bits per heavy atom. The van der Waals surface area contributed by atoms with E-state index in [2.05, 4.69) is 34.1 Å². The number of aromatic nitrogens is 6. The first-order chi connectivity index (χ1) is 18.4. The third kappa shape index (κ3) is 3.76. The molecule has 6 nitrogen and oxygen atoms in total. The zero-order valence-electron chi connectivity index (χ0n) is 21.5. The first-order valence-electron chi connectivity index (χ1n) is 12.7. The van der Waals surface area contributed by atoms with Gasteiger partial charge < -0.3 is 0 Å². The second kappa shape index (κ2) is 8.62. The van der Waals surface area contributed by atoms with E-state index in [4.69, 9.17) is 4.98 Å². The van der Waals surface area contributed by atoms with Gasteiger partial charge in [0.05, 0.1) is 46.7 Å². The zero-order valence-corrected chi connectivity index (χ0v) is 21.5. The molecule has 0 saturated heterocycles. The highest BCUT2D eigenvalue weighted by atomic mass is 19.4. The van der Waals surface area contributed by atoms with Gasteiger partial charge in [-0.15, -0.1) is 5.10 Å². The van der Waals surface area contributed by atoms with E-state index in [1.807, 2.05) is 0 Å². The lowest BCUT2D eigenvalue weighted by molar-refractivity contribution is -0.173. The number of halogens is 5. The van der Waals surface area contributed by atoms with Crippen molar-refractivity contribution in [3.05, 3.63) is 77.5 Å². The third-order valence-electron chi connectivity index (χ3n) is 8.60. The molecule has 11 heteroatoms. The monoisotopic (exact) mass is 540 g/mol. The van der Waals surface area contributed by atoms with Crippen molar-refractivity contribution in [3.8, 4) is 22.6 Å². The summed E-state index contributed by atoms with van der Waals surface area (Å²) >= 11 is 0. The van der Waals surface area contributed by atoms with Gasteiger partial charge in [0, 0.05) is 12.4 Å². The predicted octanol–water partition coefficient (Wildman–Crippen LogP) is 6.48. The largest absolute Gasteiger partial charge is 0.393 e. The quantitative estimate of drug-likeness (QED) is 0.271. The van der Waals surface area contributed by atoms with Crippen molar-refractivity contribution in [3.63, 3.8) is 0 Å². The van der Waals surface area contributed by atoms with Crippen LogP contribution in [0.5, 0.6) is 0 Å². The summed E-state index contributed by atoms with van der Waals surface area (Å²) in [5, 5.41) is 13.1. The maximum Gasteiger partial charge on any atom is 0.393 e. The number of fused-ring (bicyclic) bond motifs is 5. The summed E-state index contributed by atoms with van der Waals surface area (Å²) in [6.07, 6.45) is 1.95. The molecule has 2 bridgehead atoms. The van der Waals surface area contributed by atoms with Crippen LogP contribution in [0.15, 0.2) is 48.9 Å². The minimum atomic E-state index is -4.32. The molecular formula is C28H25F5N6. The lowest BCUT2D eigenvalue weighted by atomic mass is 9.66. The standard InChI is InChI=1S/C28H25F5N6/c1-15(28(31,32)33)14-39-10-8-20(38-39)22-12-34-13-23(35-22)27-9-7-17(26(27,2)3)16-11-21(36-37-25(16)27)24-18(29)5-4-6-19(24)30/h4-6,8,10-13,15,17H,7,9,14H2,1-3H3/t15-,17+,27+/m1/s1. The van der Waals surface area contributed by atoms with Crippen LogP contribution in [0.3, 0.4) is 0 Å². The van der Waals surface area contributed by atoms with Crippen LogP contribution >= 0.6 is 0 Å². The minimum Gasteiger partial charge on any atom is -0.271 e. The Kier molecular flexibility index (Phi) is 5.64. The van der Waals surface area contributed by atoms with Gasteiger partial charge in [0.1, 0.15) is 23.0 Å².